The molecule has 0 spiro atoms. The SMILES string of the molecule is Nc1nc(N)n(-c2cc(Cl)c(-c3nnc4ccccn34)c(Cl)c2)n1. The molecule has 0 unspecified atom stereocenters. The van der Waals surface area contributed by atoms with Crippen molar-refractivity contribution in [3.05, 3.63) is 46.6 Å². The van der Waals surface area contributed by atoms with E-state index in [1.165, 1.54) is 4.68 Å². The number of halogens is 2. The maximum absolute atomic E-state index is 6.44. The molecule has 3 heterocycles. The minimum absolute atomic E-state index is 0.0623. The first-order valence-corrected chi connectivity index (χ1v) is 7.58. The molecule has 0 bridgehead atoms. The number of fused-ring (bicyclic) bond motifs is 1. The molecule has 8 nitrogen and oxygen atoms in total. The lowest BCUT2D eigenvalue weighted by Gasteiger charge is -2.09. The molecule has 0 aliphatic rings. The number of hydrogen-bond donors (Lipinski definition) is 2. The number of anilines is 2. The average molecular weight is 361 g/mol. The van der Waals surface area contributed by atoms with Crippen molar-refractivity contribution in [1.29, 1.82) is 0 Å². The minimum atomic E-state index is 0.0623. The second kappa shape index (κ2) is 5.36. The van der Waals surface area contributed by atoms with Gasteiger partial charge in [-0.3, -0.25) is 4.40 Å². The second-order valence-corrected chi connectivity index (χ2v) is 5.79. The maximum atomic E-state index is 6.44. The third-order valence-corrected chi connectivity index (χ3v) is 4.05. The van der Waals surface area contributed by atoms with Crippen molar-refractivity contribution in [3.8, 4) is 17.1 Å². The van der Waals surface area contributed by atoms with Crippen LogP contribution in [0.25, 0.3) is 22.7 Å². The molecule has 3 aromatic heterocycles. The molecule has 0 saturated carbocycles. The summed E-state index contributed by atoms with van der Waals surface area (Å²) < 4.78 is 3.16. The van der Waals surface area contributed by atoms with E-state index < -0.39 is 0 Å². The van der Waals surface area contributed by atoms with Crippen molar-refractivity contribution in [2.24, 2.45) is 0 Å². The van der Waals surface area contributed by atoms with Gasteiger partial charge >= 0.3 is 0 Å². The van der Waals surface area contributed by atoms with Gasteiger partial charge in [0.05, 0.1) is 21.3 Å². The quantitative estimate of drug-likeness (QED) is 0.567. The Labute approximate surface area is 145 Å². The lowest BCUT2D eigenvalue weighted by atomic mass is 10.2. The molecule has 4 aromatic rings. The Bertz CT molecular complexity index is 1040. The Kier molecular flexibility index (Phi) is 3.29. The Morgan fingerprint density at radius 3 is 2.42 bits per heavy atom. The summed E-state index contributed by atoms with van der Waals surface area (Å²) in [5, 5.41) is 13.1. The highest BCUT2D eigenvalue weighted by atomic mass is 35.5. The van der Waals surface area contributed by atoms with E-state index in [-0.39, 0.29) is 11.9 Å². The fourth-order valence-corrected chi connectivity index (χ4v) is 3.08. The van der Waals surface area contributed by atoms with Crippen molar-refractivity contribution in [3.63, 3.8) is 0 Å². The maximum Gasteiger partial charge on any atom is 0.241 e. The molecular weight excluding hydrogens is 351 g/mol. The van der Waals surface area contributed by atoms with Crippen LogP contribution in [0, 0.1) is 0 Å². The molecule has 10 heteroatoms. The fourth-order valence-electron chi connectivity index (χ4n) is 2.44. The summed E-state index contributed by atoms with van der Waals surface area (Å²) in [6.45, 7) is 0. The Morgan fingerprint density at radius 2 is 1.75 bits per heavy atom. The van der Waals surface area contributed by atoms with E-state index in [4.69, 9.17) is 34.7 Å². The van der Waals surface area contributed by atoms with E-state index in [1.54, 1.807) is 16.5 Å². The zero-order chi connectivity index (χ0) is 16.8. The topological polar surface area (TPSA) is 113 Å². The van der Waals surface area contributed by atoms with Crippen LogP contribution in [0.2, 0.25) is 10.0 Å². The molecule has 4 N–H and O–H groups in total. The lowest BCUT2D eigenvalue weighted by Crippen LogP contribution is -2.03. The van der Waals surface area contributed by atoms with Gasteiger partial charge in [0.2, 0.25) is 11.9 Å². The number of nitrogen functional groups attached to an aromatic ring is 2. The molecule has 24 heavy (non-hydrogen) atoms. The van der Waals surface area contributed by atoms with E-state index in [0.717, 1.165) is 0 Å². The van der Waals surface area contributed by atoms with Gasteiger partial charge in [-0.1, -0.05) is 29.3 Å². The van der Waals surface area contributed by atoms with Crippen LogP contribution in [0.5, 0.6) is 0 Å². The summed E-state index contributed by atoms with van der Waals surface area (Å²) in [5.74, 6) is 0.741. The highest BCUT2D eigenvalue weighted by Crippen LogP contribution is 2.36. The molecule has 0 radical (unpaired) electrons. The molecule has 120 valence electrons. The number of nitrogens with zero attached hydrogens (tertiary/aromatic N) is 6. The fraction of sp³-hybridized carbons (Fsp3) is 0. The standard InChI is InChI=1S/C14H10Cl2N8/c15-8-5-7(24-14(18)19-13(17)22-24)6-9(16)11(8)12-21-20-10-3-1-2-4-23(10)12/h1-6H,(H4,17,18,19,22). The van der Waals surface area contributed by atoms with Crippen molar-refractivity contribution >= 4 is 40.7 Å². The Hall–Kier alpha value is -2.84. The molecule has 0 fully saturated rings. The number of pyridine rings is 1. The summed E-state index contributed by atoms with van der Waals surface area (Å²) >= 11 is 12.9. The monoisotopic (exact) mass is 360 g/mol. The average Bonchev–Trinajstić information content (AvgIpc) is 3.10. The van der Waals surface area contributed by atoms with Gasteiger partial charge in [0.25, 0.3) is 0 Å². The molecule has 4 rings (SSSR count). The molecule has 0 aliphatic carbocycles. The van der Waals surface area contributed by atoms with E-state index >= 15 is 0 Å². The molecule has 0 saturated heterocycles. The zero-order valence-electron chi connectivity index (χ0n) is 12.1. The van der Waals surface area contributed by atoms with Gasteiger partial charge in [-0.05, 0) is 24.3 Å². The number of benzene rings is 1. The first-order valence-electron chi connectivity index (χ1n) is 6.82. The highest BCUT2D eigenvalue weighted by Gasteiger charge is 2.18. The van der Waals surface area contributed by atoms with Gasteiger partial charge in [0, 0.05) is 6.20 Å². The lowest BCUT2D eigenvalue weighted by molar-refractivity contribution is 0.895. The predicted octanol–water partition coefficient (Wildman–Crippen LogP) is 2.45. The van der Waals surface area contributed by atoms with Crippen molar-refractivity contribution in [2.75, 3.05) is 11.5 Å². The number of nitrogens with two attached hydrogens (primary N) is 2. The smallest absolute Gasteiger partial charge is 0.241 e. The van der Waals surface area contributed by atoms with Gasteiger partial charge in [-0.2, -0.15) is 9.67 Å². The first kappa shape index (κ1) is 14.7. The summed E-state index contributed by atoms with van der Waals surface area (Å²) in [7, 11) is 0. The van der Waals surface area contributed by atoms with E-state index in [9.17, 15) is 0 Å². The summed E-state index contributed by atoms with van der Waals surface area (Å²) in [4.78, 5) is 3.85. The Balaban J connectivity index is 1.91. The molecule has 0 amide bonds. The molecular formula is C14H10Cl2N8. The van der Waals surface area contributed by atoms with Crippen LogP contribution in [-0.2, 0) is 0 Å². The van der Waals surface area contributed by atoms with Crippen molar-refractivity contribution < 1.29 is 0 Å². The van der Waals surface area contributed by atoms with Crippen LogP contribution in [0.3, 0.4) is 0 Å². The summed E-state index contributed by atoms with van der Waals surface area (Å²) in [5.41, 5.74) is 13.1. The first-order chi connectivity index (χ1) is 11.5. The van der Waals surface area contributed by atoms with Crippen LogP contribution in [0.1, 0.15) is 0 Å². The van der Waals surface area contributed by atoms with Gasteiger partial charge in [-0.15, -0.1) is 15.3 Å². The van der Waals surface area contributed by atoms with Crippen molar-refractivity contribution in [1.82, 2.24) is 29.4 Å². The predicted molar refractivity (Wildman–Crippen MR) is 92.2 cm³/mol. The van der Waals surface area contributed by atoms with Gasteiger partial charge in [0.15, 0.2) is 11.5 Å². The summed E-state index contributed by atoms with van der Waals surface area (Å²) in [6, 6.07) is 8.91. The highest BCUT2D eigenvalue weighted by molar-refractivity contribution is 6.39. The van der Waals surface area contributed by atoms with Crippen molar-refractivity contribution in [2.45, 2.75) is 0 Å². The summed E-state index contributed by atoms with van der Waals surface area (Å²) in [6.07, 6.45) is 1.83. The van der Waals surface area contributed by atoms with Gasteiger partial charge in [-0.25, -0.2) is 0 Å². The van der Waals surface area contributed by atoms with E-state index in [1.807, 2.05) is 24.4 Å². The van der Waals surface area contributed by atoms with E-state index in [0.29, 0.717) is 32.8 Å². The number of aromatic nitrogens is 6. The van der Waals surface area contributed by atoms with Crippen LogP contribution in [0.15, 0.2) is 36.5 Å². The second-order valence-electron chi connectivity index (χ2n) is 4.98. The third-order valence-electron chi connectivity index (χ3n) is 3.46. The number of rotatable bonds is 2. The van der Waals surface area contributed by atoms with Crippen LogP contribution >= 0.6 is 23.2 Å². The largest absolute Gasteiger partial charge is 0.368 e. The Morgan fingerprint density at radius 1 is 1.00 bits per heavy atom. The van der Waals surface area contributed by atoms with Crippen LogP contribution < -0.4 is 11.5 Å². The molecule has 1 aromatic carbocycles. The van der Waals surface area contributed by atoms with Crippen LogP contribution in [-0.4, -0.2) is 29.4 Å². The zero-order valence-corrected chi connectivity index (χ0v) is 13.6. The normalized spacial score (nSPS) is 11.2. The van der Waals surface area contributed by atoms with Crippen LogP contribution in [0.4, 0.5) is 11.9 Å². The molecule has 0 aliphatic heterocycles. The third kappa shape index (κ3) is 2.24. The van der Waals surface area contributed by atoms with E-state index in [2.05, 4.69) is 20.3 Å². The van der Waals surface area contributed by atoms with Gasteiger partial charge < -0.3 is 11.5 Å². The molecule has 0 atom stereocenters. The number of hydrogen-bond acceptors (Lipinski definition) is 6. The minimum Gasteiger partial charge on any atom is -0.368 e. The van der Waals surface area contributed by atoms with Gasteiger partial charge in [0.1, 0.15) is 0 Å².